The molecule has 116 valence electrons. The van der Waals surface area contributed by atoms with Gasteiger partial charge in [-0.15, -0.1) is 0 Å². The first-order chi connectivity index (χ1) is 10.6. The van der Waals surface area contributed by atoms with Gasteiger partial charge < -0.3 is 18.6 Å². The summed E-state index contributed by atoms with van der Waals surface area (Å²) >= 11 is 0. The van der Waals surface area contributed by atoms with Crippen molar-refractivity contribution in [3.63, 3.8) is 0 Å². The van der Waals surface area contributed by atoms with Crippen LogP contribution in [0.1, 0.15) is 21.9 Å². The van der Waals surface area contributed by atoms with E-state index in [2.05, 4.69) is 0 Å². The highest BCUT2D eigenvalue weighted by molar-refractivity contribution is 6.04. The molecular weight excluding hydrogens is 284 g/mol. The molecule has 0 aliphatic rings. The Kier molecular flexibility index (Phi) is 4.88. The fourth-order valence-corrected chi connectivity index (χ4v) is 2.02. The van der Waals surface area contributed by atoms with Crippen LogP contribution in [0, 0.1) is 6.92 Å². The van der Waals surface area contributed by atoms with Crippen molar-refractivity contribution in [2.75, 3.05) is 21.3 Å². The molecule has 5 nitrogen and oxygen atoms in total. The number of ether oxygens (including phenoxy) is 3. The number of ketones is 1. The van der Waals surface area contributed by atoms with Crippen LogP contribution in [0.2, 0.25) is 0 Å². The van der Waals surface area contributed by atoms with Crippen molar-refractivity contribution in [3.05, 3.63) is 47.4 Å². The minimum absolute atomic E-state index is 0.207. The largest absolute Gasteiger partial charge is 0.493 e. The summed E-state index contributed by atoms with van der Waals surface area (Å²) in [6.07, 6.45) is 3.11. The van der Waals surface area contributed by atoms with Gasteiger partial charge in [-0.3, -0.25) is 4.79 Å². The Balaban J connectivity index is 2.29. The lowest BCUT2D eigenvalue weighted by Gasteiger charge is -2.12. The standard InChI is InChI=1S/C17H18O5/c1-11-5-8-14(22-11)13(18)7-6-12-9-15(19-2)17(21-4)16(10-12)20-3/h5-10H,1-4H3/b7-6+. The number of aryl methyl sites for hydroxylation is 1. The number of allylic oxidation sites excluding steroid dienone is 1. The van der Waals surface area contributed by atoms with E-state index >= 15 is 0 Å². The smallest absolute Gasteiger partial charge is 0.221 e. The first kappa shape index (κ1) is 15.7. The highest BCUT2D eigenvalue weighted by Crippen LogP contribution is 2.38. The molecule has 1 aromatic carbocycles. The maximum atomic E-state index is 12.0. The van der Waals surface area contributed by atoms with E-state index in [0.29, 0.717) is 28.8 Å². The maximum absolute atomic E-state index is 12.0. The molecule has 0 aliphatic heterocycles. The Bertz CT molecular complexity index is 672. The van der Waals surface area contributed by atoms with Crippen LogP contribution < -0.4 is 14.2 Å². The van der Waals surface area contributed by atoms with Crippen molar-refractivity contribution in [2.24, 2.45) is 0 Å². The number of carbonyl (C=O) groups excluding carboxylic acids is 1. The maximum Gasteiger partial charge on any atom is 0.221 e. The van der Waals surface area contributed by atoms with Crippen LogP contribution in [-0.4, -0.2) is 27.1 Å². The molecule has 0 saturated heterocycles. The number of carbonyl (C=O) groups is 1. The van der Waals surface area contributed by atoms with Gasteiger partial charge in [0.05, 0.1) is 21.3 Å². The lowest BCUT2D eigenvalue weighted by molar-refractivity contribution is 0.102. The Morgan fingerprint density at radius 3 is 2.14 bits per heavy atom. The number of hydrogen-bond acceptors (Lipinski definition) is 5. The Morgan fingerprint density at radius 1 is 1.05 bits per heavy atom. The molecule has 0 aliphatic carbocycles. The first-order valence-electron chi connectivity index (χ1n) is 6.68. The summed E-state index contributed by atoms with van der Waals surface area (Å²) in [7, 11) is 4.63. The second-order valence-corrected chi connectivity index (χ2v) is 4.57. The van der Waals surface area contributed by atoms with Gasteiger partial charge in [-0.1, -0.05) is 6.08 Å². The van der Waals surface area contributed by atoms with Crippen LogP contribution in [-0.2, 0) is 0 Å². The molecule has 1 heterocycles. The molecule has 22 heavy (non-hydrogen) atoms. The average molecular weight is 302 g/mol. The Morgan fingerprint density at radius 2 is 1.68 bits per heavy atom. The van der Waals surface area contributed by atoms with Crippen LogP contribution >= 0.6 is 0 Å². The van der Waals surface area contributed by atoms with Crippen molar-refractivity contribution in [2.45, 2.75) is 6.92 Å². The molecule has 1 aromatic heterocycles. The van der Waals surface area contributed by atoms with Crippen LogP contribution in [0.15, 0.2) is 34.8 Å². The van der Waals surface area contributed by atoms with E-state index in [1.807, 2.05) is 0 Å². The van der Waals surface area contributed by atoms with E-state index < -0.39 is 0 Å². The van der Waals surface area contributed by atoms with Crippen LogP contribution in [0.4, 0.5) is 0 Å². The van der Waals surface area contributed by atoms with Crippen molar-refractivity contribution < 1.29 is 23.4 Å². The molecule has 0 radical (unpaired) electrons. The molecule has 0 saturated carbocycles. The first-order valence-corrected chi connectivity index (χ1v) is 6.68. The number of rotatable bonds is 6. The van der Waals surface area contributed by atoms with Crippen LogP contribution in [0.3, 0.4) is 0 Å². The number of benzene rings is 1. The molecule has 0 fully saturated rings. The Hall–Kier alpha value is -2.69. The quantitative estimate of drug-likeness (QED) is 0.603. The van der Waals surface area contributed by atoms with Crippen molar-refractivity contribution in [1.29, 1.82) is 0 Å². The van der Waals surface area contributed by atoms with E-state index in [1.54, 1.807) is 58.6 Å². The van der Waals surface area contributed by atoms with E-state index in [-0.39, 0.29) is 5.78 Å². The molecule has 2 aromatic rings. The second-order valence-electron chi connectivity index (χ2n) is 4.57. The van der Waals surface area contributed by atoms with Gasteiger partial charge in [-0.2, -0.15) is 0 Å². The molecule has 2 rings (SSSR count). The number of furan rings is 1. The van der Waals surface area contributed by atoms with Gasteiger partial charge in [0.15, 0.2) is 17.3 Å². The summed E-state index contributed by atoms with van der Waals surface area (Å²) in [5.41, 5.74) is 0.756. The third-order valence-corrected chi connectivity index (χ3v) is 3.10. The van der Waals surface area contributed by atoms with Gasteiger partial charge in [0, 0.05) is 0 Å². The Labute approximate surface area is 129 Å². The zero-order chi connectivity index (χ0) is 16.1. The second kappa shape index (κ2) is 6.85. The van der Waals surface area contributed by atoms with E-state index in [4.69, 9.17) is 18.6 Å². The van der Waals surface area contributed by atoms with Gasteiger partial charge in [-0.25, -0.2) is 0 Å². The van der Waals surface area contributed by atoms with Gasteiger partial charge in [0.2, 0.25) is 11.5 Å². The molecule has 0 N–H and O–H groups in total. The number of hydrogen-bond donors (Lipinski definition) is 0. The number of methoxy groups -OCH3 is 3. The third-order valence-electron chi connectivity index (χ3n) is 3.10. The predicted octanol–water partition coefficient (Wildman–Crippen LogP) is 3.51. The zero-order valence-corrected chi connectivity index (χ0v) is 13.0. The molecule has 5 heteroatoms. The molecular formula is C17H18O5. The summed E-state index contributed by atoms with van der Waals surface area (Å²) in [5, 5.41) is 0. The monoisotopic (exact) mass is 302 g/mol. The molecule has 0 unspecified atom stereocenters. The minimum atomic E-state index is -0.207. The fraction of sp³-hybridized carbons (Fsp3) is 0.235. The van der Waals surface area contributed by atoms with E-state index in [1.165, 1.54) is 6.08 Å². The van der Waals surface area contributed by atoms with Crippen LogP contribution in [0.25, 0.3) is 6.08 Å². The topological polar surface area (TPSA) is 57.9 Å². The zero-order valence-electron chi connectivity index (χ0n) is 13.0. The molecule has 0 bridgehead atoms. The summed E-state index contributed by atoms with van der Waals surface area (Å²) in [4.78, 5) is 12.0. The van der Waals surface area contributed by atoms with E-state index in [9.17, 15) is 4.79 Å². The average Bonchev–Trinajstić information content (AvgIpc) is 2.97. The molecule has 0 amide bonds. The third kappa shape index (κ3) is 3.31. The van der Waals surface area contributed by atoms with Gasteiger partial charge in [0.25, 0.3) is 0 Å². The van der Waals surface area contributed by atoms with Crippen LogP contribution in [0.5, 0.6) is 17.2 Å². The highest BCUT2D eigenvalue weighted by atomic mass is 16.5. The lowest BCUT2D eigenvalue weighted by atomic mass is 10.1. The highest BCUT2D eigenvalue weighted by Gasteiger charge is 2.12. The van der Waals surface area contributed by atoms with Gasteiger partial charge in [-0.05, 0) is 42.8 Å². The summed E-state index contributed by atoms with van der Waals surface area (Å²) < 4.78 is 21.1. The lowest BCUT2D eigenvalue weighted by Crippen LogP contribution is -1.96. The molecule has 0 atom stereocenters. The SMILES string of the molecule is COc1cc(/C=C/C(=O)c2ccc(C)o2)cc(OC)c1OC. The molecule has 0 spiro atoms. The minimum Gasteiger partial charge on any atom is -0.493 e. The van der Waals surface area contributed by atoms with Gasteiger partial charge in [0.1, 0.15) is 5.76 Å². The summed E-state index contributed by atoms with van der Waals surface area (Å²) in [6.45, 7) is 1.79. The van der Waals surface area contributed by atoms with E-state index in [0.717, 1.165) is 5.56 Å². The summed E-state index contributed by atoms with van der Waals surface area (Å²) in [6, 6.07) is 6.93. The van der Waals surface area contributed by atoms with Crippen molar-refractivity contribution in [1.82, 2.24) is 0 Å². The predicted molar refractivity (Wildman–Crippen MR) is 82.9 cm³/mol. The summed E-state index contributed by atoms with van der Waals surface area (Å²) in [5.74, 6) is 2.37. The van der Waals surface area contributed by atoms with Crippen molar-refractivity contribution in [3.8, 4) is 17.2 Å². The van der Waals surface area contributed by atoms with Gasteiger partial charge >= 0.3 is 0 Å². The normalized spacial score (nSPS) is 10.7. The van der Waals surface area contributed by atoms with Crippen molar-refractivity contribution >= 4 is 11.9 Å². The fourth-order valence-electron chi connectivity index (χ4n) is 2.02.